The first-order valence-electron chi connectivity index (χ1n) is 18.9. The maximum Gasteiger partial charge on any atom is 0.278 e. The van der Waals surface area contributed by atoms with Gasteiger partial charge in [0.15, 0.2) is 0 Å². The lowest BCUT2D eigenvalue weighted by molar-refractivity contribution is -0.149. The van der Waals surface area contributed by atoms with Crippen molar-refractivity contribution in [3.8, 4) is 0 Å². The van der Waals surface area contributed by atoms with E-state index in [1.807, 2.05) is 24.3 Å². The van der Waals surface area contributed by atoms with Crippen molar-refractivity contribution in [2.75, 3.05) is 13.1 Å². The molecule has 0 aromatic heterocycles. The fourth-order valence-corrected chi connectivity index (χ4v) is 6.14. The maximum absolute atomic E-state index is 13.2. The molecule has 1 aliphatic heterocycles. The average Bonchev–Trinajstić information content (AvgIpc) is 3.33. The summed E-state index contributed by atoms with van der Waals surface area (Å²) in [5.41, 5.74) is 2.90. The first-order chi connectivity index (χ1) is 23.9. The Morgan fingerprint density at radius 3 is 1.18 bits per heavy atom. The minimum absolute atomic E-state index is 0.106. The second kappa shape index (κ2) is 22.6. The van der Waals surface area contributed by atoms with Gasteiger partial charge in [0.2, 0.25) is 0 Å². The molecule has 8 nitrogen and oxygen atoms in total. The van der Waals surface area contributed by atoms with Gasteiger partial charge in [-0.2, -0.15) is 0 Å². The minimum Gasteiger partial charge on any atom is -0.352 e. The van der Waals surface area contributed by atoms with Gasteiger partial charge < -0.3 is 10.6 Å². The Labute approximate surface area is 295 Å². The summed E-state index contributed by atoms with van der Waals surface area (Å²) >= 11 is 0. The van der Waals surface area contributed by atoms with Crippen LogP contribution in [0.5, 0.6) is 0 Å². The van der Waals surface area contributed by atoms with E-state index in [1.165, 1.54) is 87.1 Å². The normalized spacial score (nSPS) is 12.9. The van der Waals surface area contributed by atoms with E-state index in [0.717, 1.165) is 36.8 Å². The van der Waals surface area contributed by atoms with E-state index in [0.29, 0.717) is 24.2 Å². The quantitative estimate of drug-likeness (QED) is 0.0663. The number of hydrogen-bond acceptors (Lipinski definition) is 4. The van der Waals surface area contributed by atoms with E-state index in [2.05, 4.69) is 24.5 Å². The third-order valence-electron chi connectivity index (χ3n) is 9.24. The summed E-state index contributed by atoms with van der Waals surface area (Å²) in [6.07, 6.45) is 21.0. The van der Waals surface area contributed by atoms with Crippen molar-refractivity contribution in [3.63, 3.8) is 0 Å². The summed E-state index contributed by atoms with van der Waals surface area (Å²) in [6.45, 7) is 7.85. The first kappa shape index (κ1) is 39.5. The second-order valence-electron chi connectivity index (χ2n) is 13.3. The molecule has 1 fully saturated rings. The highest BCUT2D eigenvalue weighted by Gasteiger charge is 2.40. The number of hydrazine groups is 1. The number of carbonyl (C=O) groups is 4. The van der Waals surface area contributed by atoms with Crippen molar-refractivity contribution in [1.29, 1.82) is 0 Å². The van der Waals surface area contributed by atoms with E-state index in [4.69, 9.17) is 0 Å². The van der Waals surface area contributed by atoms with Gasteiger partial charge in [0.25, 0.3) is 23.6 Å². The van der Waals surface area contributed by atoms with Gasteiger partial charge in [-0.3, -0.25) is 19.2 Å². The Balaban J connectivity index is 1.47. The highest BCUT2D eigenvalue weighted by Crippen LogP contribution is 2.25. The Bertz CT molecular complexity index is 1240. The molecule has 2 aromatic carbocycles. The number of nitrogens with zero attached hydrogens (tertiary/aromatic N) is 2. The third kappa shape index (κ3) is 13.5. The van der Waals surface area contributed by atoms with Crippen LogP contribution in [0.25, 0.3) is 0 Å². The van der Waals surface area contributed by atoms with Crippen molar-refractivity contribution >= 4 is 23.6 Å². The lowest BCUT2D eigenvalue weighted by atomic mass is 10.1. The predicted octanol–water partition coefficient (Wildman–Crippen LogP) is 8.66. The van der Waals surface area contributed by atoms with E-state index in [-0.39, 0.29) is 42.3 Å². The van der Waals surface area contributed by atoms with Crippen LogP contribution in [0.2, 0.25) is 0 Å². The van der Waals surface area contributed by atoms with Crippen molar-refractivity contribution in [2.45, 2.75) is 137 Å². The molecular weight excluding hydrogens is 612 g/mol. The number of amides is 4. The molecule has 8 heteroatoms. The number of nitrogens with one attached hydrogen (secondary N) is 2. The molecule has 0 unspecified atom stereocenters. The number of allylic oxidation sites excluding steroid dienone is 1. The van der Waals surface area contributed by atoms with Crippen LogP contribution in [0.1, 0.15) is 155 Å². The highest BCUT2D eigenvalue weighted by atomic mass is 16.2. The molecule has 49 heavy (non-hydrogen) atoms. The first-order valence-corrected chi connectivity index (χ1v) is 18.9. The molecule has 2 aromatic rings. The maximum atomic E-state index is 13.2. The van der Waals surface area contributed by atoms with Crippen LogP contribution in [-0.2, 0) is 22.7 Å². The standard InChI is InChI=1S/C41H60N4O4/c1-4-7-9-11-13-15-17-19-29-42-38(46)35-25-21-33(22-26-35)31-44-40(48)37(6-3)41(49)45(44)32-34-23-27-36(28-24-34)39(47)43-30-20-18-16-14-12-10-8-5-2/h6,21-28H,4-5,7-20,29-32H2,1-3H3,(H,42,46)(H,43,47). The topological polar surface area (TPSA) is 98.8 Å². The van der Waals surface area contributed by atoms with Crippen molar-refractivity contribution in [2.24, 2.45) is 0 Å². The number of benzene rings is 2. The Morgan fingerprint density at radius 2 is 0.857 bits per heavy atom. The van der Waals surface area contributed by atoms with Crippen molar-refractivity contribution in [1.82, 2.24) is 20.7 Å². The van der Waals surface area contributed by atoms with Crippen LogP contribution in [-0.4, -0.2) is 46.7 Å². The van der Waals surface area contributed by atoms with Crippen molar-refractivity contribution in [3.05, 3.63) is 82.4 Å². The van der Waals surface area contributed by atoms with Gasteiger partial charge in [-0.1, -0.05) is 134 Å². The molecule has 268 valence electrons. The fourth-order valence-electron chi connectivity index (χ4n) is 6.14. The lowest BCUT2D eigenvalue weighted by Gasteiger charge is -2.27. The van der Waals surface area contributed by atoms with E-state index < -0.39 is 0 Å². The zero-order valence-electron chi connectivity index (χ0n) is 30.4. The summed E-state index contributed by atoms with van der Waals surface area (Å²) in [4.78, 5) is 51.8. The molecular formula is C41H60N4O4. The third-order valence-corrected chi connectivity index (χ3v) is 9.24. The molecule has 1 aliphatic rings. The largest absolute Gasteiger partial charge is 0.352 e. The zero-order valence-corrected chi connectivity index (χ0v) is 30.4. The van der Waals surface area contributed by atoms with Crippen LogP contribution in [0.3, 0.4) is 0 Å². The monoisotopic (exact) mass is 672 g/mol. The number of rotatable bonds is 24. The van der Waals surface area contributed by atoms with Gasteiger partial charge in [0.05, 0.1) is 13.1 Å². The molecule has 0 bridgehead atoms. The van der Waals surface area contributed by atoms with E-state index in [9.17, 15) is 19.2 Å². The molecule has 0 aliphatic carbocycles. The summed E-state index contributed by atoms with van der Waals surface area (Å²) in [5, 5.41) is 8.93. The molecule has 3 rings (SSSR count). The molecule has 4 amide bonds. The molecule has 2 N–H and O–H groups in total. The molecule has 1 heterocycles. The Kier molecular flexibility index (Phi) is 18.3. The summed E-state index contributed by atoms with van der Waals surface area (Å²) in [5.74, 6) is -0.914. The molecule has 0 radical (unpaired) electrons. The average molecular weight is 673 g/mol. The van der Waals surface area contributed by atoms with Crippen LogP contribution in [0.15, 0.2) is 60.2 Å². The van der Waals surface area contributed by atoms with Gasteiger partial charge in [0, 0.05) is 24.2 Å². The van der Waals surface area contributed by atoms with E-state index >= 15 is 0 Å². The number of carbonyl (C=O) groups excluding carboxylic acids is 4. The Hall–Kier alpha value is -3.94. The molecule has 0 atom stereocenters. The van der Waals surface area contributed by atoms with Gasteiger partial charge in [0.1, 0.15) is 5.57 Å². The zero-order chi connectivity index (χ0) is 35.3. The van der Waals surface area contributed by atoms with E-state index in [1.54, 1.807) is 37.3 Å². The summed E-state index contributed by atoms with van der Waals surface area (Å²) in [7, 11) is 0. The van der Waals surface area contributed by atoms with Crippen LogP contribution < -0.4 is 10.6 Å². The number of unbranched alkanes of at least 4 members (excludes halogenated alkanes) is 14. The van der Waals surface area contributed by atoms with Crippen LogP contribution in [0, 0.1) is 0 Å². The van der Waals surface area contributed by atoms with Crippen molar-refractivity contribution < 1.29 is 19.2 Å². The number of hydrogen-bond donors (Lipinski definition) is 2. The predicted molar refractivity (Wildman–Crippen MR) is 198 cm³/mol. The van der Waals surface area contributed by atoms with Gasteiger partial charge in [-0.25, -0.2) is 10.0 Å². The molecule has 0 spiro atoms. The van der Waals surface area contributed by atoms with Gasteiger partial charge in [-0.15, -0.1) is 0 Å². The molecule has 1 saturated heterocycles. The van der Waals surface area contributed by atoms with Gasteiger partial charge >= 0.3 is 0 Å². The fraction of sp³-hybridized carbons (Fsp3) is 0.561. The van der Waals surface area contributed by atoms with Gasteiger partial charge in [-0.05, 0) is 55.2 Å². The SMILES string of the molecule is CC=C1C(=O)N(Cc2ccc(C(=O)NCCCCCCCCCC)cc2)N(Cc2ccc(C(=O)NCCCCCCCCCC)cc2)C1=O. The summed E-state index contributed by atoms with van der Waals surface area (Å²) < 4.78 is 0. The highest BCUT2D eigenvalue weighted by molar-refractivity contribution is 6.22. The second-order valence-corrected chi connectivity index (χ2v) is 13.3. The lowest BCUT2D eigenvalue weighted by Crippen LogP contribution is -2.39. The Morgan fingerprint density at radius 1 is 0.531 bits per heavy atom. The smallest absolute Gasteiger partial charge is 0.278 e. The molecule has 0 saturated carbocycles. The van der Waals surface area contributed by atoms with Crippen LogP contribution in [0.4, 0.5) is 0 Å². The summed E-state index contributed by atoms with van der Waals surface area (Å²) in [6, 6.07) is 14.4. The van der Waals surface area contributed by atoms with Crippen LogP contribution >= 0.6 is 0 Å². The minimum atomic E-state index is -0.350.